The maximum atomic E-state index is 13.2. The fourth-order valence-corrected chi connectivity index (χ4v) is 5.70. The number of sulfonamides is 2. The quantitative estimate of drug-likeness (QED) is 0.408. The zero-order valence-electron chi connectivity index (χ0n) is 16.4. The number of nitrogens with zero attached hydrogens (tertiary/aromatic N) is 2. The van der Waals surface area contributed by atoms with Crippen LogP contribution in [-0.4, -0.2) is 67.2 Å². The number of hydrogen-bond acceptors (Lipinski definition) is 7. The highest BCUT2D eigenvalue weighted by Crippen LogP contribution is 2.48. The third kappa shape index (κ3) is 3.39. The first-order valence-corrected chi connectivity index (χ1v) is 11.6. The largest absolute Gasteiger partial charge is 0.516 e. The molecule has 0 saturated carbocycles. The molecule has 9 nitrogen and oxygen atoms in total. The van der Waals surface area contributed by atoms with Crippen molar-refractivity contribution in [2.75, 3.05) is 6.54 Å². The van der Waals surface area contributed by atoms with Gasteiger partial charge in [0, 0.05) is 6.20 Å². The number of ether oxygens (including phenoxy) is 2. The molecule has 2 fully saturated rings. The minimum atomic E-state index is -6.03. The summed E-state index contributed by atoms with van der Waals surface area (Å²) >= 11 is 0. The first-order chi connectivity index (χ1) is 14.2. The van der Waals surface area contributed by atoms with Crippen molar-refractivity contribution in [1.29, 1.82) is 0 Å². The van der Waals surface area contributed by atoms with Crippen LogP contribution in [0.4, 0.5) is 26.3 Å². The lowest BCUT2D eigenvalue weighted by Gasteiger charge is -2.38. The lowest BCUT2D eigenvalue weighted by molar-refractivity contribution is -0.146. The van der Waals surface area contributed by atoms with Crippen molar-refractivity contribution in [1.82, 2.24) is 8.61 Å². The SMILES string of the molecule is CC1CN(S(=O)(=O)C(F)(F)F)/C(=C2\C=CN(S(=O)(=O)C(F)(F)F)C3C2OC(=O)C3(C)C)O1. The highest BCUT2D eigenvalue weighted by Gasteiger charge is 2.63. The number of fused-ring (bicyclic) bond motifs is 1. The normalized spacial score (nSPS) is 30.9. The van der Waals surface area contributed by atoms with Gasteiger partial charge in [-0.3, -0.25) is 9.10 Å². The smallest absolute Gasteiger partial charge is 0.473 e. The monoisotopic (exact) mass is 514 g/mol. The topological polar surface area (TPSA) is 110 Å². The Balaban J connectivity index is 2.25. The minimum Gasteiger partial charge on any atom is -0.473 e. The van der Waals surface area contributed by atoms with Gasteiger partial charge in [-0.15, -0.1) is 0 Å². The predicted molar refractivity (Wildman–Crippen MR) is 92.7 cm³/mol. The molecular weight excluding hydrogens is 498 g/mol. The van der Waals surface area contributed by atoms with E-state index in [-0.39, 0.29) is 8.61 Å². The van der Waals surface area contributed by atoms with E-state index in [0.717, 1.165) is 13.8 Å². The van der Waals surface area contributed by atoms with Crippen LogP contribution in [0.15, 0.2) is 23.7 Å². The highest BCUT2D eigenvalue weighted by atomic mass is 32.2. The van der Waals surface area contributed by atoms with Crippen molar-refractivity contribution >= 4 is 26.0 Å². The molecule has 0 N–H and O–H groups in total. The second kappa shape index (κ2) is 6.91. The molecule has 17 heteroatoms. The fraction of sp³-hybridized carbons (Fsp3) is 0.667. The molecule has 32 heavy (non-hydrogen) atoms. The lowest BCUT2D eigenvalue weighted by Crippen LogP contribution is -2.54. The lowest BCUT2D eigenvalue weighted by atomic mass is 9.81. The Morgan fingerprint density at radius 2 is 1.53 bits per heavy atom. The van der Waals surface area contributed by atoms with Crippen LogP contribution < -0.4 is 0 Å². The van der Waals surface area contributed by atoms with E-state index in [0.29, 0.717) is 12.3 Å². The Morgan fingerprint density at radius 3 is 2.03 bits per heavy atom. The van der Waals surface area contributed by atoms with Crippen LogP contribution in [0.3, 0.4) is 0 Å². The maximum Gasteiger partial charge on any atom is 0.516 e. The minimum absolute atomic E-state index is 0.137. The van der Waals surface area contributed by atoms with Crippen molar-refractivity contribution in [2.45, 2.75) is 50.0 Å². The van der Waals surface area contributed by atoms with Gasteiger partial charge in [-0.25, -0.2) is 4.31 Å². The van der Waals surface area contributed by atoms with Gasteiger partial charge in [-0.2, -0.15) is 43.2 Å². The van der Waals surface area contributed by atoms with Crippen LogP contribution in [0.2, 0.25) is 0 Å². The van der Waals surface area contributed by atoms with E-state index in [9.17, 15) is 48.0 Å². The molecule has 3 aliphatic heterocycles. The molecule has 0 aromatic heterocycles. The second-order valence-corrected chi connectivity index (χ2v) is 11.4. The molecule has 0 aromatic rings. The zero-order chi connectivity index (χ0) is 24.7. The van der Waals surface area contributed by atoms with E-state index in [1.54, 1.807) is 0 Å². The van der Waals surface area contributed by atoms with Crippen LogP contribution in [-0.2, 0) is 34.3 Å². The highest BCUT2D eigenvalue weighted by molar-refractivity contribution is 7.90. The zero-order valence-corrected chi connectivity index (χ0v) is 18.1. The Labute approximate surface area is 178 Å². The van der Waals surface area contributed by atoms with Gasteiger partial charge in [0.15, 0.2) is 6.10 Å². The van der Waals surface area contributed by atoms with E-state index in [4.69, 9.17) is 9.47 Å². The average Bonchev–Trinajstić information content (AvgIpc) is 3.11. The Morgan fingerprint density at radius 1 is 1.00 bits per heavy atom. The first kappa shape index (κ1) is 24.5. The van der Waals surface area contributed by atoms with E-state index in [1.165, 1.54) is 6.92 Å². The van der Waals surface area contributed by atoms with Crippen LogP contribution in [0.1, 0.15) is 20.8 Å². The molecule has 182 valence electrons. The molecule has 0 radical (unpaired) electrons. The molecule has 3 atom stereocenters. The molecule has 0 amide bonds. The molecule has 3 rings (SSSR count). The number of esters is 1. The summed E-state index contributed by atoms with van der Waals surface area (Å²) in [7, 11) is -12.0. The third-order valence-electron chi connectivity index (χ3n) is 5.13. The molecule has 0 spiro atoms. The van der Waals surface area contributed by atoms with Gasteiger partial charge in [0.25, 0.3) is 0 Å². The van der Waals surface area contributed by atoms with Crippen molar-refractivity contribution in [2.24, 2.45) is 5.41 Å². The number of rotatable bonds is 2. The van der Waals surface area contributed by atoms with Crippen molar-refractivity contribution in [3.8, 4) is 0 Å². The van der Waals surface area contributed by atoms with Gasteiger partial charge < -0.3 is 9.47 Å². The second-order valence-electron chi connectivity index (χ2n) is 7.76. The number of hydrogen-bond donors (Lipinski definition) is 0. The molecule has 0 bridgehead atoms. The van der Waals surface area contributed by atoms with Gasteiger partial charge in [0.05, 0.1) is 17.5 Å². The molecule has 0 aliphatic carbocycles. The Kier molecular flexibility index (Phi) is 5.29. The maximum absolute atomic E-state index is 13.2. The molecule has 3 unspecified atom stereocenters. The van der Waals surface area contributed by atoms with Crippen molar-refractivity contribution in [3.63, 3.8) is 0 Å². The molecule has 0 aromatic carbocycles. The summed E-state index contributed by atoms with van der Waals surface area (Å²) in [6.07, 6.45) is -1.96. The third-order valence-corrected chi connectivity index (χ3v) is 8.10. The van der Waals surface area contributed by atoms with E-state index >= 15 is 0 Å². The van der Waals surface area contributed by atoms with Crippen LogP contribution in [0.25, 0.3) is 0 Å². The van der Waals surface area contributed by atoms with Crippen molar-refractivity contribution < 1.29 is 57.4 Å². The van der Waals surface area contributed by atoms with Crippen molar-refractivity contribution in [3.05, 3.63) is 23.7 Å². The standard InChI is InChI=1S/C15H16F6N2O7S2/c1-7-6-23(32(27,28)15(19,20)21)11(29-7)8-4-5-22(31(25,26)14(16,17)18)10-9(8)30-12(24)13(10,2)3/h4-5,7,9-10H,6H2,1-3H3/b11-8-. The van der Waals surface area contributed by atoms with E-state index in [1.807, 2.05) is 0 Å². The van der Waals surface area contributed by atoms with Gasteiger partial charge in [-0.1, -0.05) is 0 Å². The van der Waals surface area contributed by atoms with Crippen LogP contribution in [0.5, 0.6) is 0 Å². The first-order valence-electron chi connectivity index (χ1n) is 8.73. The Hall–Kier alpha value is -2.17. The summed E-state index contributed by atoms with van der Waals surface area (Å²) in [6.45, 7) is 2.63. The predicted octanol–water partition coefficient (Wildman–Crippen LogP) is 1.77. The summed E-state index contributed by atoms with van der Waals surface area (Å²) in [5.41, 5.74) is -13.9. The van der Waals surface area contributed by atoms with Crippen LogP contribution in [0, 0.1) is 5.41 Å². The summed E-state index contributed by atoms with van der Waals surface area (Å²) in [6, 6.07) is -1.89. The summed E-state index contributed by atoms with van der Waals surface area (Å²) in [5.74, 6) is -2.07. The number of carbonyl (C=O) groups is 1. The number of halogens is 6. The average molecular weight is 514 g/mol. The van der Waals surface area contributed by atoms with Gasteiger partial charge in [0.1, 0.15) is 12.1 Å². The molecule has 3 aliphatic rings. The fourth-order valence-electron chi connectivity index (χ4n) is 3.55. The molecular formula is C15H16F6N2O7S2. The summed E-state index contributed by atoms with van der Waals surface area (Å²) in [5, 5.41) is 0. The number of carbonyl (C=O) groups excluding carboxylic acids is 1. The van der Waals surface area contributed by atoms with E-state index in [2.05, 4.69) is 0 Å². The summed E-state index contributed by atoms with van der Waals surface area (Å²) < 4.78 is 137. The number of alkyl halides is 6. The Bertz CT molecular complexity index is 1110. The van der Waals surface area contributed by atoms with Gasteiger partial charge in [0.2, 0.25) is 5.88 Å². The van der Waals surface area contributed by atoms with Gasteiger partial charge >= 0.3 is 37.0 Å². The summed E-state index contributed by atoms with van der Waals surface area (Å²) in [4.78, 5) is 12.3. The van der Waals surface area contributed by atoms with Gasteiger partial charge in [-0.05, 0) is 26.8 Å². The van der Waals surface area contributed by atoms with E-state index < -0.39 is 78.7 Å². The molecule has 2 saturated heterocycles. The molecule has 3 heterocycles. The van der Waals surface area contributed by atoms with Crippen LogP contribution >= 0.6 is 0 Å².